The molecule has 1 amide bonds. The molecular formula is C10H9BrN2O. The number of nitrogens with one attached hydrogen (secondary N) is 1. The molecule has 1 N–H and O–H groups in total. The number of carbonyl (C=O) groups is 1. The molecule has 4 heteroatoms. The first-order chi connectivity index (χ1) is 6.63. The largest absolute Gasteiger partial charge is 0.320 e. The summed E-state index contributed by atoms with van der Waals surface area (Å²) in [5.41, 5.74) is 1.77. The molecule has 0 radical (unpaired) electrons. The molecular weight excluding hydrogens is 244 g/mol. The van der Waals surface area contributed by atoms with Crippen LogP contribution < -0.4 is 5.32 Å². The summed E-state index contributed by atoms with van der Waals surface area (Å²) in [4.78, 5) is 14.1. The van der Waals surface area contributed by atoms with Crippen LogP contribution in [0.5, 0.6) is 0 Å². The molecule has 0 spiro atoms. The standard InChI is InChI=1S/C10H9BrN2O/c1-7-5-8(3-4-9(7)11)13-10(14)6-12-2/h3-5H,6H2,1H3,(H,13,14). The van der Waals surface area contributed by atoms with Gasteiger partial charge in [0, 0.05) is 10.2 Å². The van der Waals surface area contributed by atoms with Gasteiger partial charge in [0.25, 0.3) is 6.54 Å². The van der Waals surface area contributed by atoms with Crippen molar-refractivity contribution in [2.45, 2.75) is 6.92 Å². The van der Waals surface area contributed by atoms with Gasteiger partial charge in [-0.1, -0.05) is 15.9 Å². The van der Waals surface area contributed by atoms with Crippen molar-refractivity contribution in [3.63, 3.8) is 0 Å². The van der Waals surface area contributed by atoms with E-state index in [1.54, 1.807) is 6.07 Å². The fraction of sp³-hybridized carbons (Fsp3) is 0.200. The summed E-state index contributed by atoms with van der Waals surface area (Å²) in [7, 11) is 0. The van der Waals surface area contributed by atoms with E-state index in [4.69, 9.17) is 6.57 Å². The first-order valence-electron chi connectivity index (χ1n) is 4.02. The van der Waals surface area contributed by atoms with Crippen molar-refractivity contribution in [2.75, 3.05) is 11.9 Å². The molecule has 0 atom stereocenters. The maximum Gasteiger partial charge on any atom is 0.304 e. The predicted octanol–water partition coefficient (Wildman–Crippen LogP) is 2.62. The molecule has 0 bridgehead atoms. The highest BCUT2D eigenvalue weighted by Gasteiger charge is 2.04. The summed E-state index contributed by atoms with van der Waals surface area (Å²) in [6, 6.07) is 5.51. The maximum atomic E-state index is 11.1. The van der Waals surface area contributed by atoms with Gasteiger partial charge in [-0.15, -0.1) is 0 Å². The zero-order valence-corrected chi connectivity index (χ0v) is 9.26. The van der Waals surface area contributed by atoms with Crippen molar-refractivity contribution < 1.29 is 4.79 Å². The van der Waals surface area contributed by atoms with Crippen LogP contribution in [-0.2, 0) is 4.79 Å². The van der Waals surface area contributed by atoms with E-state index in [9.17, 15) is 4.79 Å². The van der Waals surface area contributed by atoms with Crippen molar-refractivity contribution >= 4 is 27.5 Å². The highest BCUT2D eigenvalue weighted by atomic mass is 79.9. The molecule has 0 aromatic heterocycles. The van der Waals surface area contributed by atoms with Crippen LogP contribution in [0.25, 0.3) is 4.85 Å². The molecule has 1 aromatic rings. The molecule has 0 heterocycles. The number of nitrogens with zero attached hydrogens (tertiary/aromatic N) is 1. The second-order valence-electron chi connectivity index (χ2n) is 2.83. The van der Waals surface area contributed by atoms with Crippen LogP contribution in [0.4, 0.5) is 5.69 Å². The molecule has 0 aliphatic heterocycles. The van der Waals surface area contributed by atoms with Crippen LogP contribution in [0, 0.1) is 13.5 Å². The number of carbonyl (C=O) groups excluding carboxylic acids is 1. The molecule has 0 saturated carbocycles. The third-order valence-corrected chi connectivity index (χ3v) is 2.55. The minimum absolute atomic E-state index is 0.130. The topological polar surface area (TPSA) is 33.5 Å². The van der Waals surface area contributed by atoms with Crippen LogP contribution in [0.15, 0.2) is 22.7 Å². The smallest absolute Gasteiger partial charge is 0.304 e. The Morgan fingerprint density at radius 1 is 1.64 bits per heavy atom. The number of anilines is 1. The van der Waals surface area contributed by atoms with Gasteiger partial charge >= 0.3 is 5.91 Å². The first-order valence-corrected chi connectivity index (χ1v) is 4.82. The van der Waals surface area contributed by atoms with Gasteiger partial charge in [-0.2, -0.15) is 0 Å². The van der Waals surface area contributed by atoms with Crippen LogP contribution in [-0.4, -0.2) is 12.5 Å². The fourth-order valence-corrected chi connectivity index (χ4v) is 1.24. The number of amides is 1. The molecule has 72 valence electrons. The normalized spacial score (nSPS) is 9.21. The van der Waals surface area contributed by atoms with E-state index >= 15 is 0 Å². The number of rotatable bonds is 2. The summed E-state index contributed by atoms with van der Waals surface area (Å²) < 4.78 is 1.00. The number of aryl methyl sites for hydroxylation is 1. The van der Waals surface area contributed by atoms with Gasteiger partial charge in [0.05, 0.1) is 0 Å². The number of hydrogen-bond acceptors (Lipinski definition) is 1. The van der Waals surface area contributed by atoms with Gasteiger partial charge in [0.1, 0.15) is 0 Å². The molecule has 0 aliphatic carbocycles. The Kier molecular flexibility index (Phi) is 3.66. The van der Waals surface area contributed by atoms with Gasteiger partial charge in [0.2, 0.25) is 0 Å². The van der Waals surface area contributed by atoms with E-state index < -0.39 is 0 Å². The minimum atomic E-state index is -0.276. The van der Waals surface area contributed by atoms with Crippen LogP contribution in [0.2, 0.25) is 0 Å². The lowest BCUT2D eigenvalue weighted by molar-refractivity contribution is -0.114. The fourth-order valence-electron chi connectivity index (χ4n) is 0.995. The SMILES string of the molecule is [C-]#[N+]CC(=O)Nc1ccc(Br)c(C)c1. The van der Waals surface area contributed by atoms with Gasteiger partial charge in [-0.3, -0.25) is 4.79 Å². The molecule has 14 heavy (non-hydrogen) atoms. The molecule has 0 aliphatic rings. The van der Waals surface area contributed by atoms with Crippen molar-refractivity contribution in [2.24, 2.45) is 0 Å². The maximum absolute atomic E-state index is 11.1. The van der Waals surface area contributed by atoms with Crippen LogP contribution in [0.1, 0.15) is 5.56 Å². The van der Waals surface area contributed by atoms with Crippen LogP contribution >= 0.6 is 15.9 Å². The zero-order chi connectivity index (χ0) is 10.6. The summed E-state index contributed by atoms with van der Waals surface area (Å²) in [5, 5.41) is 2.64. The Morgan fingerprint density at radius 2 is 2.36 bits per heavy atom. The Morgan fingerprint density at radius 3 is 2.93 bits per heavy atom. The first kappa shape index (κ1) is 10.7. The highest BCUT2D eigenvalue weighted by molar-refractivity contribution is 9.10. The number of benzene rings is 1. The van der Waals surface area contributed by atoms with Gasteiger partial charge in [0.15, 0.2) is 0 Å². The van der Waals surface area contributed by atoms with Gasteiger partial charge in [-0.05, 0) is 30.7 Å². The van der Waals surface area contributed by atoms with E-state index in [2.05, 4.69) is 26.1 Å². The van der Waals surface area contributed by atoms with E-state index in [0.717, 1.165) is 15.7 Å². The molecule has 3 nitrogen and oxygen atoms in total. The van der Waals surface area contributed by atoms with Gasteiger partial charge in [-0.25, -0.2) is 6.57 Å². The van der Waals surface area contributed by atoms with Crippen molar-refractivity contribution in [1.82, 2.24) is 0 Å². The molecule has 1 rings (SSSR count). The lowest BCUT2D eigenvalue weighted by atomic mass is 10.2. The molecule has 1 aromatic carbocycles. The molecule has 0 saturated heterocycles. The Bertz CT molecular complexity index is 396. The summed E-state index contributed by atoms with van der Waals surface area (Å²) in [5.74, 6) is -0.276. The second kappa shape index (κ2) is 4.77. The van der Waals surface area contributed by atoms with E-state index in [0.29, 0.717) is 0 Å². The number of hydrogen-bond donors (Lipinski definition) is 1. The third kappa shape index (κ3) is 2.86. The Hall–Kier alpha value is -1.34. The molecule has 0 unspecified atom stereocenters. The average Bonchev–Trinajstić information content (AvgIpc) is 2.12. The van der Waals surface area contributed by atoms with E-state index in [1.165, 1.54) is 0 Å². The highest BCUT2D eigenvalue weighted by Crippen LogP contribution is 2.19. The average molecular weight is 253 g/mol. The quantitative estimate of drug-likeness (QED) is 0.807. The summed E-state index contributed by atoms with van der Waals surface area (Å²) in [6.07, 6.45) is 0. The Labute approximate surface area is 91.1 Å². The van der Waals surface area contributed by atoms with E-state index in [1.807, 2.05) is 19.1 Å². The second-order valence-corrected chi connectivity index (χ2v) is 3.68. The van der Waals surface area contributed by atoms with Crippen molar-refractivity contribution in [1.29, 1.82) is 0 Å². The lowest BCUT2D eigenvalue weighted by Crippen LogP contribution is -2.13. The Balaban J connectivity index is 2.74. The number of halogens is 1. The van der Waals surface area contributed by atoms with E-state index in [-0.39, 0.29) is 12.5 Å². The third-order valence-electron chi connectivity index (χ3n) is 1.66. The predicted molar refractivity (Wildman–Crippen MR) is 59.0 cm³/mol. The zero-order valence-electron chi connectivity index (χ0n) is 7.67. The van der Waals surface area contributed by atoms with Crippen molar-refractivity contribution in [3.05, 3.63) is 39.7 Å². The monoisotopic (exact) mass is 252 g/mol. The summed E-state index contributed by atoms with van der Waals surface area (Å²) >= 11 is 3.37. The van der Waals surface area contributed by atoms with Gasteiger partial charge < -0.3 is 10.2 Å². The minimum Gasteiger partial charge on any atom is -0.320 e. The molecule has 0 fully saturated rings. The van der Waals surface area contributed by atoms with Crippen molar-refractivity contribution in [3.8, 4) is 0 Å². The lowest BCUT2D eigenvalue weighted by Gasteiger charge is -2.03. The summed E-state index contributed by atoms with van der Waals surface area (Å²) in [6.45, 7) is 8.34. The van der Waals surface area contributed by atoms with Crippen LogP contribution in [0.3, 0.4) is 0 Å².